The van der Waals surface area contributed by atoms with E-state index in [0.29, 0.717) is 37.1 Å². The van der Waals surface area contributed by atoms with Gasteiger partial charge in [0.15, 0.2) is 0 Å². The van der Waals surface area contributed by atoms with E-state index in [2.05, 4.69) is 25.9 Å². The molecule has 4 rings (SSSR count). The lowest BCUT2D eigenvalue weighted by molar-refractivity contribution is 0.0998. The van der Waals surface area contributed by atoms with Gasteiger partial charge in [-0.2, -0.15) is 4.99 Å². The highest BCUT2D eigenvalue weighted by Crippen LogP contribution is 2.40. The zero-order valence-electron chi connectivity index (χ0n) is 15.8. The fraction of sp³-hybridized carbons (Fsp3) is 0.190. The molecule has 0 saturated carbocycles. The number of rotatable bonds is 4. The van der Waals surface area contributed by atoms with E-state index in [4.69, 9.17) is 15.2 Å². The largest absolute Gasteiger partial charge is 0.491 e. The SMILES string of the molecule is C/C(N)=N/C(=O)c1cn2c(n1)-c1cc(Br)c(OCc3ccccc3)cc1OCC2. The average Bonchev–Trinajstić information content (AvgIpc) is 3.05. The highest BCUT2D eigenvalue weighted by Gasteiger charge is 2.23. The first-order valence-electron chi connectivity index (χ1n) is 9.07. The van der Waals surface area contributed by atoms with Gasteiger partial charge in [-0.3, -0.25) is 4.79 Å². The van der Waals surface area contributed by atoms with Gasteiger partial charge in [-0.05, 0) is 34.5 Å². The van der Waals surface area contributed by atoms with Crippen molar-refractivity contribution in [3.8, 4) is 22.9 Å². The first-order chi connectivity index (χ1) is 14.0. The molecule has 1 aromatic heterocycles. The number of carbonyl (C=O) groups is 1. The number of fused-ring (bicyclic) bond motifs is 3. The average molecular weight is 455 g/mol. The van der Waals surface area contributed by atoms with Crippen molar-refractivity contribution in [2.24, 2.45) is 10.7 Å². The molecule has 0 radical (unpaired) electrons. The summed E-state index contributed by atoms with van der Waals surface area (Å²) in [5.41, 5.74) is 7.61. The van der Waals surface area contributed by atoms with E-state index in [1.165, 1.54) is 0 Å². The van der Waals surface area contributed by atoms with E-state index in [1.54, 1.807) is 13.1 Å². The Labute approximate surface area is 176 Å². The van der Waals surface area contributed by atoms with Crippen LogP contribution in [0.3, 0.4) is 0 Å². The first-order valence-corrected chi connectivity index (χ1v) is 9.86. The second kappa shape index (κ2) is 8.08. The minimum absolute atomic E-state index is 0.199. The predicted molar refractivity (Wildman–Crippen MR) is 113 cm³/mol. The van der Waals surface area contributed by atoms with Gasteiger partial charge < -0.3 is 19.8 Å². The number of nitrogens with zero attached hydrogens (tertiary/aromatic N) is 3. The molecule has 3 aromatic rings. The summed E-state index contributed by atoms with van der Waals surface area (Å²) in [7, 11) is 0. The minimum atomic E-state index is -0.463. The molecular weight excluding hydrogens is 436 g/mol. The van der Waals surface area contributed by atoms with Gasteiger partial charge in [0.25, 0.3) is 5.91 Å². The Bertz CT molecular complexity index is 1090. The number of carbonyl (C=O) groups excluding carboxylic acids is 1. The zero-order chi connectivity index (χ0) is 20.4. The molecule has 0 spiro atoms. The molecule has 1 aliphatic heterocycles. The van der Waals surface area contributed by atoms with Crippen molar-refractivity contribution < 1.29 is 14.3 Å². The van der Waals surface area contributed by atoms with Gasteiger partial charge in [-0.1, -0.05) is 30.3 Å². The van der Waals surface area contributed by atoms with Gasteiger partial charge in [-0.25, -0.2) is 4.98 Å². The predicted octanol–water partition coefficient (Wildman–Crippen LogP) is 3.80. The van der Waals surface area contributed by atoms with E-state index < -0.39 is 5.91 Å². The molecule has 2 aromatic carbocycles. The van der Waals surface area contributed by atoms with Crippen molar-refractivity contribution in [1.82, 2.24) is 9.55 Å². The maximum Gasteiger partial charge on any atom is 0.298 e. The number of imidazole rings is 1. The van der Waals surface area contributed by atoms with Crippen molar-refractivity contribution >= 4 is 27.7 Å². The molecule has 0 fully saturated rings. The Hall–Kier alpha value is -3.13. The minimum Gasteiger partial charge on any atom is -0.491 e. The number of hydrogen-bond acceptors (Lipinski definition) is 4. The standard InChI is InChI=1S/C21H19BrN4O3/c1-13(23)24-21(27)17-11-26-7-8-28-18-10-19(16(22)9-15(18)20(26)25-17)29-12-14-5-3-2-4-6-14/h2-6,9-11H,7-8,12H2,1H3,(H2,23,24,27). The summed E-state index contributed by atoms with van der Waals surface area (Å²) in [6.07, 6.45) is 1.68. The molecule has 0 saturated heterocycles. The third-order valence-electron chi connectivity index (χ3n) is 4.38. The van der Waals surface area contributed by atoms with Crippen LogP contribution >= 0.6 is 15.9 Å². The molecule has 0 aliphatic carbocycles. The van der Waals surface area contributed by atoms with Gasteiger partial charge in [-0.15, -0.1) is 0 Å². The van der Waals surface area contributed by atoms with Crippen LogP contribution in [0.5, 0.6) is 11.5 Å². The van der Waals surface area contributed by atoms with Crippen molar-refractivity contribution in [3.63, 3.8) is 0 Å². The van der Waals surface area contributed by atoms with E-state index in [-0.39, 0.29) is 11.5 Å². The van der Waals surface area contributed by atoms with E-state index in [0.717, 1.165) is 15.6 Å². The van der Waals surface area contributed by atoms with Crippen molar-refractivity contribution in [2.75, 3.05) is 6.61 Å². The van der Waals surface area contributed by atoms with Gasteiger partial charge >= 0.3 is 0 Å². The molecule has 2 heterocycles. The summed E-state index contributed by atoms with van der Waals surface area (Å²) in [4.78, 5) is 20.5. The molecule has 8 heteroatoms. The Kier molecular flexibility index (Phi) is 5.35. The van der Waals surface area contributed by atoms with E-state index in [9.17, 15) is 4.79 Å². The topological polar surface area (TPSA) is 91.7 Å². The molecule has 7 nitrogen and oxygen atoms in total. The summed E-state index contributed by atoms with van der Waals surface area (Å²) in [6, 6.07) is 13.7. The van der Waals surface area contributed by atoms with Crippen LogP contribution in [0.15, 0.2) is 58.1 Å². The normalized spacial score (nSPS) is 13.1. The number of aromatic nitrogens is 2. The van der Waals surface area contributed by atoms with E-state index >= 15 is 0 Å². The van der Waals surface area contributed by atoms with Gasteiger partial charge in [0.05, 0.1) is 16.6 Å². The molecule has 2 N–H and O–H groups in total. The van der Waals surface area contributed by atoms with E-state index in [1.807, 2.05) is 47.0 Å². The summed E-state index contributed by atoms with van der Waals surface area (Å²) >= 11 is 3.57. The molecule has 1 amide bonds. The van der Waals surface area contributed by atoms with Gasteiger partial charge in [0.2, 0.25) is 0 Å². The molecule has 148 valence electrons. The number of ether oxygens (including phenoxy) is 2. The molecule has 0 atom stereocenters. The molecule has 0 unspecified atom stereocenters. The van der Waals surface area contributed by atoms with Crippen LogP contribution in [0.25, 0.3) is 11.4 Å². The highest BCUT2D eigenvalue weighted by molar-refractivity contribution is 9.10. The fourth-order valence-electron chi connectivity index (χ4n) is 3.05. The monoisotopic (exact) mass is 454 g/mol. The number of benzene rings is 2. The number of hydrogen-bond donors (Lipinski definition) is 1. The number of amidine groups is 1. The molecule has 29 heavy (non-hydrogen) atoms. The summed E-state index contributed by atoms with van der Waals surface area (Å²) in [6.45, 7) is 3.02. The molecular formula is C21H19BrN4O3. The second-order valence-electron chi connectivity index (χ2n) is 6.60. The lowest BCUT2D eigenvalue weighted by atomic mass is 10.1. The van der Waals surface area contributed by atoms with Crippen molar-refractivity contribution in [1.29, 1.82) is 0 Å². The maximum atomic E-state index is 12.2. The van der Waals surface area contributed by atoms with Crippen LogP contribution < -0.4 is 15.2 Å². The van der Waals surface area contributed by atoms with Gasteiger partial charge in [0, 0.05) is 12.3 Å². The van der Waals surface area contributed by atoms with Crippen LogP contribution in [0.2, 0.25) is 0 Å². The zero-order valence-corrected chi connectivity index (χ0v) is 17.3. The van der Waals surface area contributed by atoms with Crippen LogP contribution in [0.1, 0.15) is 23.0 Å². The number of halogens is 1. The van der Waals surface area contributed by atoms with Crippen LogP contribution in [-0.2, 0) is 13.2 Å². The number of aliphatic imine (C=N–C) groups is 1. The third kappa shape index (κ3) is 4.17. The quantitative estimate of drug-likeness (QED) is 0.477. The number of amides is 1. The van der Waals surface area contributed by atoms with Crippen molar-refractivity contribution in [3.05, 3.63) is 64.4 Å². The highest BCUT2D eigenvalue weighted by atomic mass is 79.9. The fourth-order valence-corrected chi connectivity index (χ4v) is 3.51. The Morgan fingerprint density at radius 1 is 1.34 bits per heavy atom. The summed E-state index contributed by atoms with van der Waals surface area (Å²) in [5.74, 6) is 1.70. The molecule has 0 bridgehead atoms. The second-order valence-corrected chi connectivity index (χ2v) is 7.46. The lowest BCUT2D eigenvalue weighted by Gasteiger charge is -2.13. The number of nitrogens with two attached hydrogens (primary N) is 1. The summed E-state index contributed by atoms with van der Waals surface area (Å²) < 4.78 is 14.5. The Balaban J connectivity index is 1.66. The van der Waals surface area contributed by atoms with Crippen molar-refractivity contribution in [2.45, 2.75) is 20.1 Å². The van der Waals surface area contributed by atoms with Gasteiger partial charge in [0.1, 0.15) is 42.1 Å². The summed E-state index contributed by atoms with van der Waals surface area (Å²) in [5, 5.41) is 0. The smallest absolute Gasteiger partial charge is 0.298 e. The lowest BCUT2D eigenvalue weighted by Crippen LogP contribution is -2.09. The van der Waals surface area contributed by atoms with Crippen LogP contribution in [-0.4, -0.2) is 27.9 Å². The molecule has 1 aliphatic rings. The Morgan fingerprint density at radius 2 is 2.14 bits per heavy atom. The first kappa shape index (κ1) is 19.2. The Morgan fingerprint density at radius 3 is 2.90 bits per heavy atom. The maximum absolute atomic E-state index is 12.2. The van der Waals surface area contributed by atoms with Crippen LogP contribution in [0.4, 0.5) is 0 Å². The van der Waals surface area contributed by atoms with Crippen LogP contribution in [0, 0.1) is 0 Å². The third-order valence-corrected chi connectivity index (χ3v) is 5.00.